The molecule has 2 N–H and O–H groups in total. The Kier molecular flexibility index (Phi) is 5.49. The van der Waals surface area contributed by atoms with Gasteiger partial charge in [-0.15, -0.1) is 0 Å². The molecule has 114 valence electrons. The summed E-state index contributed by atoms with van der Waals surface area (Å²) in [6.45, 7) is 2.47. The van der Waals surface area contributed by atoms with E-state index >= 15 is 0 Å². The number of rotatable bonds is 2. The number of carbonyl (C=O) groups is 1. The minimum Gasteiger partial charge on any atom is -0.351 e. The zero-order valence-electron chi connectivity index (χ0n) is 11.9. The average molecular weight is 320 g/mol. The molecule has 0 unspecified atom stereocenters. The zero-order valence-corrected chi connectivity index (χ0v) is 12.7. The second-order valence-corrected chi connectivity index (χ2v) is 4.80. The van der Waals surface area contributed by atoms with Gasteiger partial charge in [-0.05, 0) is 37.3 Å². The van der Waals surface area contributed by atoms with Crippen LogP contribution in [0.4, 0.5) is 4.39 Å². The molecular weight excluding hydrogens is 305 g/mol. The highest BCUT2D eigenvalue weighted by atomic mass is 35.5. The van der Waals surface area contributed by atoms with Gasteiger partial charge in [0, 0.05) is 11.9 Å². The van der Waals surface area contributed by atoms with Crippen LogP contribution in [0.5, 0.6) is 0 Å². The maximum absolute atomic E-state index is 11.9. The van der Waals surface area contributed by atoms with Crippen LogP contribution in [0.25, 0.3) is 11.0 Å². The fourth-order valence-electron chi connectivity index (χ4n) is 1.77. The van der Waals surface area contributed by atoms with Crippen molar-refractivity contribution < 1.29 is 9.18 Å². The summed E-state index contributed by atoms with van der Waals surface area (Å²) in [5.41, 5.74) is 1.13. The Labute approximate surface area is 132 Å². The number of nitrogens with zero attached hydrogens (tertiary/aromatic N) is 1. The van der Waals surface area contributed by atoms with Crippen molar-refractivity contribution in [3.05, 3.63) is 65.2 Å². The van der Waals surface area contributed by atoms with Crippen molar-refractivity contribution in [3.63, 3.8) is 0 Å². The van der Waals surface area contributed by atoms with Crippen LogP contribution in [0.1, 0.15) is 17.4 Å². The molecule has 0 fully saturated rings. The summed E-state index contributed by atoms with van der Waals surface area (Å²) in [5, 5.41) is 3.99. The van der Waals surface area contributed by atoms with E-state index in [1.54, 1.807) is 30.3 Å². The van der Waals surface area contributed by atoms with Crippen LogP contribution in [-0.2, 0) is 0 Å². The first-order chi connectivity index (χ1) is 10.6. The maximum Gasteiger partial charge on any atom is 0.267 e. The molecule has 0 saturated carbocycles. The van der Waals surface area contributed by atoms with Gasteiger partial charge in [-0.1, -0.05) is 29.8 Å². The predicted molar refractivity (Wildman–Crippen MR) is 85.5 cm³/mol. The molecule has 2 aromatic heterocycles. The first kappa shape index (κ1) is 16.0. The third-order valence-electron chi connectivity index (χ3n) is 2.76. The number of hydrogen-bond donors (Lipinski definition) is 2. The van der Waals surface area contributed by atoms with E-state index in [9.17, 15) is 9.18 Å². The van der Waals surface area contributed by atoms with Gasteiger partial charge in [0.25, 0.3) is 5.91 Å². The van der Waals surface area contributed by atoms with Crippen molar-refractivity contribution in [3.8, 4) is 0 Å². The Balaban J connectivity index is 0.000000211. The number of H-pyrrole nitrogens is 1. The van der Waals surface area contributed by atoms with Gasteiger partial charge in [-0.2, -0.15) is 0 Å². The molecule has 0 aliphatic rings. The molecule has 6 heteroatoms. The van der Waals surface area contributed by atoms with Crippen LogP contribution in [0.3, 0.4) is 0 Å². The quantitative estimate of drug-likeness (QED) is 0.706. The van der Waals surface area contributed by atoms with Crippen LogP contribution in [0, 0.1) is 5.82 Å². The normalized spacial score (nSPS) is 9.95. The topological polar surface area (TPSA) is 57.8 Å². The minimum atomic E-state index is -0.178. The van der Waals surface area contributed by atoms with Crippen LogP contribution in [-0.4, -0.2) is 22.4 Å². The smallest absolute Gasteiger partial charge is 0.267 e. The molecule has 1 amide bonds. The van der Waals surface area contributed by atoms with Crippen LogP contribution in [0.2, 0.25) is 5.15 Å². The van der Waals surface area contributed by atoms with E-state index in [-0.39, 0.29) is 11.7 Å². The van der Waals surface area contributed by atoms with Gasteiger partial charge in [-0.25, -0.2) is 9.37 Å². The number of aromatic amines is 1. The number of carbonyl (C=O) groups excluding carboxylic acids is 1. The highest BCUT2D eigenvalue weighted by Crippen LogP contribution is 2.16. The first-order valence-corrected chi connectivity index (χ1v) is 7.12. The summed E-state index contributed by atoms with van der Waals surface area (Å²) in [6, 6.07) is 13.2. The molecule has 1 aromatic carbocycles. The summed E-state index contributed by atoms with van der Waals surface area (Å²) in [4.78, 5) is 18.5. The van der Waals surface area contributed by atoms with E-state index in [0.717, 1.165) is 5.39 Å². The lowest BCUT2D eigenvalue weighted by molar-refractivity contribution is 0.0951. The minimum absolute atomic E-state index is 0.133. The molecular formula is C16H15ClFN3O. The predicted octanol–water partition coefficient (Wildman–Crippen LogP) is 3.79. The third kappa shape index (κ3) is 4.30. The van der Waals surface area contributed by atoms with E-state index in [1.165, 1.54) is 12.1 Å². The highest BCUT2D eigenvalue weighted by Gasteiger charge is 2.08. The summed E-state index contributed by atoms with van der Waals surface area (Å²) >= 11 is 5.74. The van der Waals surface area contributed by atoms with Crippen molar-refractivity contribution in [1.82, 2.24) is 15.3 Å². The summed E-state index contributed by atoms with van der Waals surface area (Å²) in [7, 11) is 0. The Morgan fingerprint density at radius 3 is 2.59 bits per heavy atom. The molecule has 0 spiro atoms. The molecule has 22 heavy (non-hydrogen) atoms. The third-order valence-corrected chi connectivity index (χ3v) is 2.97. The van der Waals surface area contributed by atoms with Crippen LogP contribution in [0.15, 0.2) is 48.5 Å². The van der Waals surface area contributed by atoms with Gasteiger partial charge in [0.2, 0.25) is 0 Å². The lowest BCUT2D eigenvalue weighted by atomic mass is 10.3. The highest BCUT2D eigenvalue weighted by molar-refractivity contribution is 6.29. The van der Waals surface area contributed by atoms with Gasteiger partial charge < -0.3 is 10.3 Å². The largest absolute Gasteiger partial charge is 0.351 e. The zero-order chi connectivity index (χ0) is 15.9. The number of amides is 1. The molecule has 0 saturated heterocycles. The molecule has 4 nitrogen and oxygen atoms in total. The Morgan fingerprint density at radius 2 is 2.00 bits per heavy atom. The molecule has 2 heterocycles. The Bertz CT molecular complexity index is 758. The number of aromatic nitrogens is 2. The van der Waals surface area contributed by atoms with E-state index in [4.69, 9.17) is 11.6 Å². The van der Waals surface area contributed by atoms with E-state index < -0.39 is 0 Å². The van der Waals surface area contributed by atoms with Crippen molar-refractivity contribution in [1.29, 1.82) is 0 Å². The van der Waals surface area contributed by atoms with Gasteiger partial charge in [0.15, 0.2) is 0 Å². The molecule has 3 rings (SSSR count). The number of hydrogen-bond acceptors (Lipinski definition) is 2. The number of nitrogens with one attached hydrogen (secondary N) is 2. The summed E-state index contributed by atoms with van der Waals surface area (Å²) < 4.78 is 11.9. The number of pyridine rings is 1. The Morgan fingerprint density at radius 1 is 1.27 bits per heavy atom. The van der Waals surface area contributed by atoms with E-state index in [2.05, 4.69) is 15.3 Å². The number of halogens is 2. The van der Waals surface area contributed by atoms with Gasteiger partial charge in [-0.3, -0.25) is 4.79 Å². The van der Waals surface area contributed by atoms with E-state index in [1.807, 2.05) is 13.0 Å². The van der Waals surface area contributed by atoms with Crippen molar-refractivity contribution in [2.45, 2.75) is 6.92 Å². The molecule has 3 aromatic rings. The monoisotopic (exact) mass is 319 g/mol. The molecule has 0 radical (unpaired) electrons. The summed E-state index contributed by atoms with van der Waals surface area (Å²) in [6.07, 6.45) is 0. The standard InChI is InChI=1S/C10H10ClN3O.C6H5F/c1-2-12-10(15)7-5-6-3-4-8(11)14-9(6)13-7;7-6-4-2-1-3-5-6/h3-5H,2H2,1H3,(H,12,15)(H,13,14);1-5H. The number of fused-ring (bicyclic) bond motifs is 1. The molecule has 0 aliphatic heterocycles. The first-order valence-electron chi connectivity index (χ1n) is 6.74. The number of benzene rings is 1. The second-order valence-electron chi connectivity index (χ2n) is 4.41. The fraction of sp³-hybridized carbons (Fsp3) is 0.125. The van der Waals surface area contributed by atoms with Crippen LogP contribution < -0.4 is 5.32 Å². The fourth-order valence-corrected chi connectivity index (χ4v) is 1.92. The van der Waals surface area contributed by atoms with Crippen molar-refractivity contribution in [2.75, 3.05) is 6.54 Å². The van der Waals surface area contributed by atoms with Crippen LogP contribution >= 0.6 is 11.6 Å². The average Bonchev–Trinajstić information content (AvgIpc) is 2.92. The van der Waals surface area contributed by atoms with Gasteiger partial charge >= 0.3 is 0 Å². The van der Waals surface area contributed by atoms with Crippen molar-refractivity contribution in [2.24, 2.45) is 0 Å². The van der Waals surface area contributed by atoms with Gasteiger partial charge in [0.05, 0.1) is 0 Å². The van der Waals surface area contributed by atoms with Gasteiger partial charge in [0.1, 0.15) is 22.3 Å². The molecule has 0 bridgehead atoms. The molecule has 0 aliphatic carbocycles. The maximum atomic E-state index is 11.9. The SMILES string of the molecule is CCNC(=O)c1cc2ccc(Cl)nc2[nH]1.Fc1ccccc1. The Hall–Kier alpha value is -2.40. The second kappa shape index (κ2) is 7.56. The van der Waals surface area contributed by atoms with Crippen molar-refractivity contribution >= 4 is 28.5 Å². The lowest BCUT2D eigenvalue weighted by Crippen LogP contribution is -2.22. The summed E-state index contributed by atoms with van der Waals surface area (Å²) in [5.74, 6) is -0.311. The molecule has 0 atom stereocenters. The lowest BCUT2D eigenvalue weighted by Gasteiger charge is -1.96. The van der Waals surface area contributed by atoms with E-state index in [0.29, 0.717) is 23.0 Å².